The lowest BCUT2D eigenvalue weighted by Gasteiger charge is -2.10. The lowest BCUT2D eigenvalue weighted by atomic mass is 10.1. The van der Waals surface area contributed by atoms with E-state index in [1.54, 1.807) is 12.1 Å². The van der Waals surface area contributed by atoms with Crippen LogP contribution in [0.25, 0.3) is 0 Å². The maximum Gasteiger partial charge on any atom is 0.337 e. The van der Waals surface area contributed by atoms with Gasteiger partial charge < -0.3 is 9.67 Å². The first-order valence-electron chi connectivity index (χ1n) is 6.60. The molecule has 2 aromatic rings. The second-order valence-corrected chi connectivity index (χ2v) is 5.13. The smallest absolute Gasteiger partial charge is 0.337 e. The second kappa shape index (κ2) is 4.86. The SMILES string of the molecule is N#Cc1cccc(Cn2ccc(C(=O)O)c2C2CC2)c1. The zero-order chi connectivity index (χ0) is 14.1. The fourth-order valence-corrected chi connectivity index (χ4v) is 2.55. The number of hydrogen-bond donors (Lipinski definition) is 1. The molecule has 1 heterocycles. The maximum absolute atomic E-state index is 11.3. The molecule has 100 valence electrons. The number of carboxylic acid groups (broad SMARTS) is 1. The van der Waals surface area contributed by atoms with Crippen LogP contribution < -0.4 is 0 Å². The Morgan fingerprint density at radius 3 is 2.85 bits per heavy atom. The number of nitrogens with zero attached hydrogens (tertiary/aromatic N) is 2. The summed E-state index contributed by atoms with van der Waals surface area (Å²) in [6.07, 6.45) is 3.95. The van der Waals surface area contributed by atoms with Crippen molar-refractivity contribution in [2.75, 3.05) is 0 Å². The van der Waals surface area contributed by atoms with Crippen molar-refractivity contribution in [2.24, 2.45) is 0 Å². The van der Waals surface area contributed by atoms with Crippen LogP contribution in [-0.4, -0.2) is 15.6 Å². The van der Waals surface area contributed by atoms with Gasteiger partial charge in [-0.25, -0.2) is 4.79 Å². The third-order valence-corrected chi connectivity index (χ3v) is 3.61. The molecule has 1 aromatic heterocycles. The molecule has 1 N–H and O–H groups in total. The molecule has 0 radical (unpaired) electrons. The summed E-state index contributed by atoms with van der Waals surface area (Å²) >= 11 is 0. The predicted octanol–water partition coefficient (Wildman–Crippen LogP) is 2.98. The summed E-state index contributed by atoms with van der Waals surface area (Å²) in [6.45, 7) is 0.606. The Kier molecular flexibility index (Phi) is 3.03. The summed E-state index contributed by atoms with van der Waals surface area (Å²) in [7, 11) is 0. The minimum Gasteiger partial charge on any atom is -0.478 e. The van der Waals surface area contributed by atoms with Crippen LogP contribution in [0.2, 0.25) is 0 Å². The number of benzene rings is 1. The van der Waals surface area contributed by atoms with Gasteiger partial charge in [0, 0.05) is 24.4 Å². The van der Waals surface area contributed by atoms with Crippen molar-refractivity contribution in [2.45, 2.75) is 25.3 Å². The van der Waals surface area contributed by atoms with Gasteiger partial charge in [0.25, 0.3) is 0 Å². The third kappa shape index (κ3) is 2.30. The van der Waals surface area contributed by atoms with Crippen molar-refractivity contribution < 1.29 is 9.90 Å². The highest BCUT2D eigenvalue weighted by Crippen LogP contribution is 2.42. The number of carbonyl (C=O) groups is 1. The standard InChI is InChI=1S/C16H14N2O2/c17-9-11-2-1-3-12(8-11)10-18-7-6-14(16(19)20)15(18)13-4-5-13/h1-3,6-8,13H,4-5,10H2,(H,19,20). The van der Waals surface area contributed by atoms with E-state index in [0.717, 1.165) is 24.1 Å². The van der Waals surface area contributed by atoms with Crippen LogP contribution >= 0.6 is 0 Å². The zero-order valence-corrected chi connectivity index (χ0v) is 10.9. The molecule has 0 bridgehead atoms. The number of rotatable bonds is 4. The number of hydrogen-bond acceptors (Lipinski definition) is 2. The van der Waals surface area contributed by atoms with Gasteiger partial charge in [0.1, 0.15) is 0 Å². The Morgan fingerprint density at radius 1 is 1.40 bits per heavy atom. The van der Waals surface area contributed by atoms with Gasteiger partial charge in [-0.15, -0.1) is 0 Å². The summed E-state index contributed by atoms with van der Waals surface area (Å²) in [5, 5.41) is 18.2. The van der Waals surface area contributed by atoms with Gasteiger partial charge in [-0.2, -0.15) is 5.26 Å². The van der Waals surface area contributed by atoms with Crippen LogP contribution in [0.4, 0.5) is 0 Å². The molecule has 0 saturated heterocycles. The molecule has 0 aliphatic heterocycles. The summed E-state index contributed by atoms with van der Waals surface area (Å²) < 4.78 is 2.00. The Labute approximate surface area is 116 Å². The highest BCUT2D eigenvalue weighted by Gasteiger charge is 2.31. The highest BCUT2D eigenvalue weighted by atomic mass is 16.4. The first kappa shape index (κ1) is 12.5. The van der Waals surface area contributed by atoms with Crippen molar-refractivity contribution in [3.8, 4) is 6.07 Å². The van der Waals surface area contributed by atoms with Gasteiger partial charge in [0.2, 0.25) is 0 Å². The van der Waals surface area contributed by atoms with E-state index in [0.29, 0.717) is 23.6 Å². The van der Waals surface area contributed by atoms with Gasteiger partial charge in [-0.1, -0.05) is 12.1 Å². The largest absolute Gasteiger partial charge is 0.478 e. The quantitative estimate of drug-likeness (QED) is 0.925. The summed E-state index contributed by atoms with van der Waals surface area (Å²) in [5.74, 6) is -0.494. The first-order valence-corrected chi connectivity index (χ1v) is 6.60. The van der Waals surface area contributed by atoms with Crippen LogP contribution in [0.3, 0.4) is 0 Å². The van der Waals surface area contributed by atoms with Gasteiger partial charge in [-0.05, 0) is 36.6 Å². The van der Waals surface area contributed by atoms with E-state index in [9.17, 15) is 9.90 Å². The van der Waals surface area contributed by atoms with Crippen LogP contribution in [0.1, 0.15) is 45.9 Å². The summed E-state index contributed by atoms with van der Waals surface area (Å²) in [6, 6.07) is 11.2. The van der Waals surface area contributed by atoms with E-state index in [2.05, 4.69) is 6.07 Å². The Balaban J connectivity index is 1.94. The highest BCUT2D eigenvalue weighted by molar-refractivity contribution is 5.89. The van der Waals surface area contributed by atoms with E-state index in [4.69, 9.17) is 5.26 Å². The molecular weight excluding hydrogens is 252 g/mol. The number of aromatic carboxylic acids is 1. The predicted molar refractivity (Wildman–Crippen MR) is 73.6 cm³/mol. The van der Waals surface area contributed by atoms with Crippen molar-refractivity contribution >= 4 is 5.97 Å². The normalized spacial score (nSPS) is 13.9. The Hall–Kier alpha value is -2.54. The lowest BCUT2D eigenvalue weighted by molar-refractivity contribution is 0.0695. The lowest BCUT2D eigenvalue weighted by Crippen LogP contribution is -2.07. The fourth-order valence-electron chi connectivity index (χ4n) is 2.55. The molecule has 1 aliphatic rings. The van der Waals surface area contributed by atoms with E-state index < -0.39 is 5.97 Å². The van der Waals surface area contributed by atoms with Gasteiger partial charge in [0.15, 0.2) is 0 Å². The van der Waals surface area contributed by atoms with E-state index in [1.165, 1.54) is 0 Å². The van der Waals surface area contributed by atoms with Gasteiger partial charge >= 0.3 is 5.97 Å². The molecule has 1 fully saturated rings. The van der Waals surface area contributed by atoms with Crippen molar-refractivity contribution in [1.82, 2.24) is 4.57 Å². The number of carboxylic acids is 1. The minimum absolute atomic E-state index is 0.371. The average Bonchev–Trinajstić information content (AvgIpc) is 3.20. The molecule has 1 aliphatic carbocycles. The fraction of sp³-hybridized carbons (Fsp3) is 0.250. The molecule has 3 rings (SSSR count). The van der Waals surface area contributed by atoms with Crippen LogP contribution in [0.15, 0.2) is 36.5 Å². The maximum atomic E-state index is 11.3. The molecule has 1 saturated carbocycles. The molecule has 0 amide bonds. The molecule has 4 heteroatoms. The summed E-state index contributed by atoms with van der Waals surface area (Å²) in [5.41, 5.74) is 2.96. The zero-order valence-electron chi connectivity index (χ0n) is 10.9. The Morgan fingerprint density at radius 2 is 2.20 bits per heavy atom. The van der Waals surface area contributed by atoms with Crippen LogP contribution in [0, 0.1) is 11.3 Å². The second-order valence-electron chi connectivity index (χ2n) is 5.13. The molecule has 1 aromatic carbocycles. The Bertz CT molecular complexity index is 706. The van der Waals surface area contributed by atoms with E-state index in [1.807, 2.05) is 29.0 Å². The monoisotopic (exact) mass is 266 g/mol. The summed E-state index contributed by atoms with van der Waals surface area (Å²) in [4.78, 5) is 11.3. The van der Waals surface area contributed by atoms with Crippen LogP contribution in [-0.2, 0) is 6.54 Å². The molecule has 20 heavy (non-hydrogen) atoms. The van der Waals surface area contributed by atoms with Crippen molar-refractivity contribution in [3.05, 3.63) is 58.9 Å². The number of nitriles is 1. The third-order valence-electron chi connectivity index (χ3n) is 3.61. The van der Waals surface area contributed by atoms with Gasteiger partial charge in [0.05, 0.1) is 17.2 Å². The van der Waals surface area contributed by atoms with Crippen molar-refractivity contribution in [3.63, 3.8) is 0 Å². The van der Waals surface area contributed by atoms with Gasteiger partial charge in [-0.3, -0.25) is 0 Å². The molecular formula is C16H14N2O2. The van der Waals surface area contributed by atoms with E-state index >= 15 is 0 Å². The minimum atomic E-state index is -0.864. The average molecular weight is 266 g/mol. The number of aromatic nitrogens is 1. The molecule has 0 atom stereocenters. The van der Waals surface area contributed by atoms with Crippen molar-refractivity contribution in [1.29, 1.82) is 5.26 Å². The molecule has 4 nitrogen and oxygen atoms in total. The molecule has 0 spiro atoms. The topological polar surface area (TPSA) is 66.0 Å². The van der Waals surface area contributed by atoms with Crippen LogP contribution in [0.5, 0.6) is 0 Å². The molecule has 0 unspecified atom stereocenters. The first-order chi connectivity index (χ1) is 9.69. The van der Waals surface area contributed by atoms with E-state index in [-0.39, 0.29) is 0 Å².